The molecule has 0 aliphatic rings. The van der Waals surface area contributed by atoms with Crippen molar-refractivity contribution in [1.82, 2.24) is 15.2 Å². The molecule has 28 heavy (non-hydrogen) atoms. The Hall–Kier alpha value is -2.55. The molecule has 7 heteroatoms. The molecular weight excluding hydrogens is 467 g/mol. The Balaban J connectivity index is 0.00000280. The van der Waals surface area contributed by atoms with Gasteiger partial charge in [-0.2, -0.15) is 0 Å². The predicted octanol–water partition coefficient (Wildman–Crippen LogP) is 3.02. The van der Waals surface area contributed by atoms with Gasteiger partial charge in [0.25, 0.3) is 5.56 Å². The molecule has 0 spiro atoms. The van der Waals surface area contributed by atoms with Crippen molar-refractivity contribution < 1.29 is 4.42 Å². The summed E-state index contributed by atoms with van der Waals surface area (Å²) in [6.07, 6.45) is 4.29. The van der Waals surface area contributed by atoms with E-state index in [1.807, 2.05) is 30.3 Å². The van der Waals surface area contributed by atoms with E-state index in [9.17, 15) is 4.79 Å². The zero-order valence-corrected chi connectivity index (χ0v) is 18.1. The van der Waals surface area contributed by atoms with Gasteiger partial charge in [-0.05, 0) is 29.3 Å². The van der Waals surface area contributed by atoms with Crippen molar-refractivity contribution in [3.8, 4) is 0 Å². The first-order valence-electron chi connectivity index (χ1n) is 8.95. The topological polar surface area (TPSA) is 71.6 Å². The summed E-state index contributed by atoms with van der Waals surface area (Å²) >= 11 is 0. The highest BCUT2D eigenvalue weighted by molar-refractivity contribution is 14.0. The first-order chi connectivity index (χ1) is 13.2. The van der Waals surface area contributed by atoms with Gasteiger partial charge in [0.1, 0.15) is 5.76 Å². The third kappa shape index (κ3) is 6.56. The first kappa shape index (κ1) is 21.7. The van der Waals surface area contributed by atoms with Gasteiger partial charge < -0.3 is 19.6 Å². The summed E-state index contributed by atoms with van der Waals surface area (Å²) in [5.74, 6) is 1.70. The molecule has 3 aromatic rings. The summed E-state index contributed by atoms with van der Waals surface area (Å²) < 4.78 is 7.01. The maximum atomic E-state index is 11.8. The average molecular weight is 492 g/mol. The molecule has 2 N–H and O–H groups in total. The van der Waals surface area contributed by atoms with Gasteiger partial charge in [0.05, 0.1) is 12.8 Å². The molecule has 1 aromatic carbocycles. The second-order valence-electron chi connectivity index (χ2n) is 6.17. The van der Waals surface area contributed by atoms with Crippen LogP contribution in [0.4, 0.5) is 0 Å². The van der Waals surface area contributed by atoms with Crippen LogP contribution in [0.3, 0.4) is 0 Å². The highest BCUT2D eigenvalue weighted by Crippen LogP contribution is 2.06. The quantitative estimate of drug-likeness (QED) is 0.302. The number of aromatic nitrogens is 1. The maximum absolute atomic E-state index is 11.8. The second kappa shape index (κ2) is 11.3. The van der Waals surface area contributed by atoms with E-state index in [0.29, 0.717) is 13.1 Å². The third-order valence-corrected chi connectivity index (χ3v) is 4.20. The minimum absolute atomic E-state index is 0. The summed E-state index contributed by atoms with van der Waals surface area (Å²) in [7, 11) is 1.75. The van der Waals surface area contributed by atoms with Gasteiger partial charge in [-0.3, -0.25) is 9.79 Å². The average Bonchev–Trinajstić information content (AvgIpc) is 3.21. The summed E-state index contributed by atoms with van der Waals surface area (Å²) in [4.78, 5) is 16.0. The molecule has 0 bridgehead atoms. The molecule has 0 fully saturated rings. The molecule has 6 nitrogen and oxygen atoms in total. The summed E-state index contributed by atoms with van der Waals surface area (Å²) in [5, 5.41) is 6.57. The fraction of sp³-hybridized carbons (Fsp3) is 0.238. The van der Waals surface area contributed by atoms with Gasteiger partial charge in [0.2, 0.25) is 0 Å². The van der Waals surface area contributed by atoms with Crippen LogP contribution in [0.1, 0.15) is 16.9 Å². The van der Waals surface area contributed by atoms with Crippen molar-refractivity contribution in [1.29, 1.82) is 0 Å². The minimum atomic E-state index is 0. The van der Waals surface area contributed by atoms with Crippen LogP contribution in [-0.2, 0) is 19.5 Å². The summed E-state index contributed by atoms with van der Waals surface area (Å²) in [6.45, 7) is 1.99. The number of nitrogens with zero attached hydrogens (tertiary/aromatic N) is 2. The largest absolute Gasteiger partial charge is 0.469 e. The SMILES string of the molecule is CN=C(NCCc1ccco1)NCc1ccc(Cn2ccccc2=O)cc1.I. The van der Waals surface area contributed by atoms with Gasteiger partial charge >= 0.3 is 0 Å². The fourth-order valence-corrected chi connectivity index (χ4v) is 2.72. The molecule has 2 heterocycles. The Labute approximate surface area is 181 Å². The van der Waals surface area contributed by atoms with E-state index in [2.05, 4.69) is 27.8 Å². The van der Waals surface area contributed by atoms with E-state index < -0.39 is 0 Å². The van der Waals surface area contributed by atoms with E-state index in [4.69, 9.17) is 4.42 Å². The molecule has 0 amide bonds. The van der Waals surface area contributed by atoms with Crippen LogP contribution < -0.4 is 16.2 Å². The van der Waals surface area contributed by atoms with Crippen LogP contribution in [0.25, 0.3) is 0 Å². The number of pyridine rings is 1. The van der Waals surface area contributed by atoms with Crippen molar-refractivity contribution >= 4 is 29.9 Å². The number of hydrogen-bond donors (Lipinski definition) is 2. The van der Waals surface area contributed by atoms with E-state index in [1.54, 1.807) is 36.2 Å². The molecular formula is C21H25IN4O2. The van der Waals surface area contributed by atoms with Crippen LogP contribution in [-0.4, -0.2) is 24.1 Å². The molecule has 0 unspecified atom stereocenters. The monoisotopic (exact) mass is 492 g/mol. The molecule has 0 aliphatic carbocycles. The van der Waals surface area contributed by atoms with E-state index in [0.717, 1.165) is 35.8 Å². The molecule has 148 valence electrons. The van der Waals surface area contributed by atoms with Crippen LogP contribution >= 0.6 is 24.0 Å². The van der Waals surface area contributed by atoms with Crippen molar-refractivity contribution in [2.45, 2.75) is 19.5 Å². The number of rotatable bonds is 7. The van der Waals surface area contributed by atoms with Crippen LogP contribution in [0.15, 0.2) is 81.3 Å². The molecule has 0 radical (unpaired) electrons. The Morgan fingerprint density at radius 1 is 1.04 bits per heavy atom. The molecule has 2 aromatic heterocycles. The smallest absolute Gasteiger partial charge is 0.250 e. The fourth-order valence-electron chi connectivity index (χ4n) is 2.72. The lowest BCUT2D eigenvalue weighted by atomic mass is 10.1. The molecule has 0 saturated carbocycles. The predicted molar refractivity (Wildman–Crippen MR) is 122 cm³/mol. The highest BCUT2D eigenvalue weighted by atomic mass is 127. The van der Waals surface area contributed by atoms with Gasteiger partial charge in [-0.1, -0.05) is 30.3 Å². The lowest BCUT2D eigenvalue weighted by molar-refractivity contribution is 0.507. The van der Waals surface area contributed by atoms with Crippen LogP contribution in [0, 0.1) is 0 Å². The number of furan rings is 1. The standard InChI is InChI=1S/C21H24N4O2.HI/c1-22-21(23-12-11-19-5-4-14-27-19)24-15-17-7-9-18(10-8-17)16-25-13-3-2-6-20(25)26;/h2-10,13-14H,11-12,15-16H2,1H3,(H2,22,23,24);1H. The van der Waals surface area contributed by atoms with Crippen LogP contribution in [0.2, 0.25) is 0 Å². The second-order valence-corrected chi connectivity index (χ2v) is 6.17. The van der Waals surface area contributed by atoms with Gasteiger partial charge in [0, 0.05) is 38.8 Å². The van der Waals surface area contributed by atoms with Gasteiger partial charge in [0.15, 0.2) is 5.96 Å². The minimum Gasteiger partial charge on any atom is -0.469 e. The number of nitrogens with one attached hydrogen (secondary N) is 2. The van der Waals surface area contributed by atoms with Gasteiger partial charge in [-0.25, -0.2) is 0 Å². The number of benzene rings is 1. The number of hydrogen-bond acceptors (Lipinski definition) is 3. The van der Waals surface area contributed by atoms with Crippen molar-refractivity contribution in [3.05, 3.63) is 94.3 Å². The Kier molecular flexibility index (Phi) is 8.80. The number of guanidine groups is 1. The first-order valence-corrected chi connectivity index (χ1v) is 8.95. The van der Waals surface area contributed by atoms with Crippen molar-refractivity contribution in [2.24, 2.45) is 4.99 Å². The summed E-state index contributed by atoms with van der Waals surface area (Å²) in [5.41, 5.74) is 2.24. The molecule has 0 atom stereocenters. The van der Waals surface area contributed by atoms with Crippen molar-refractivity contribution in [3.63, 3.8) is 0 Å². The molecule has 0 aliphatic heterocycles. The Morgan fingerprint density at radius 3 is 2.50 bits per heavy atom. The van der Waals surface area contributed by atoms with E-state index >= 15 is 0 Å². The van der Waals surface area contributed by atoms with Crippen molar-refractivity contribution in [2.75, 3.05) is 13.6 Å². The number of aliphatic imine (C=N–C) groups is 1. The lowest BCUT2D eigenvalue weighted by Crippen LogP contribution is -2.37. The maximum Gasteiger partial charge on any atom is 0.250 e. The molecule has 0 saturated heterocycles. The Bertz CT molecular complexity index is 918. The summed E-state index contributed by atoms with van der Waals surface area (Å²) in [6, 6.07) is 17.3. The third-order valence-electron chi connectivity index (χ3n) is 4.20. The Morgan fingerprint density at radius 2 is 1.82 bits per heavy atom. The van der Waals surface area contributed by atoms with Crippen LogP contribution in [0.5, 0.6) is 0 Å². The highest BCUT2D eigenvalue weighted by Gasteiger charge is 2.01. The van der Waals surface area contributed by atoms with E-state index in [-0.39, 0.29) is 29.5 Å². The zero-order chi connectivity index (χ0) is 18.9. The van der Waals surface area contributed by atoms with E-state index in [1.165, 1.54) is 0 Å². The van der Waals surface area contributed by atoms with Gasteiger partial charge in [-0.15, -0.1) is 24.0 Å². The normalized spacial score (nSPS) is 11.0. The zero-order valence-electron chi connectivity index (χ0n) is 15.8. The lowest BCUT2D eigenvalue weighted by Gasteiger charge is -2.12. The number of halogens is 1. The molecule has 3 rings (SSSR count).